The quantitative estimate of drug-likeness (QED) is 0.845. The second-order valence-electron chi connectivity index (χ2n) is 4.12. The lowest BCUT2D eigenvalue weighted by molar-refractivity contribution is 0.102. The predicted molar refractivity (Wildman–Crippen MR) is 84.9 cm³/mol. The fourth-order valence-electron chi connectivity index (χ4n) is 1.61. The van der Waals surface area contributed by atoms with E-state index in [4.69, 9.17) is 16.7 Å². The summed E-state index contributed by atoms with van der Waals surface area (Å²) in [6.45, 7) is 0. The second-order valence-corrected chi connectivity index (χ2v) is 6.92. The van der Waals surface area contributed by atoms with Crippen molar-refractivity contribution in [3.8, 4) is 0 Å². The van der Waals surface area contributed by atoms with Gasteiger partial charge in [0.2, 0.25) is 10.0 Å². The van der Waals surface area contributed by atoms with E-state index in [-0.39, 0.29) is 4.90 Å². The molecule has 0 radical (unpaired) electrons. The molecule has 0 saturated carbocycles. The minimum atomic E-state index is -3.75. The summed E-state index contributed by atoms with van der Waals surface area (Å²) in [4.78, 5) is 12.1. The maximum atomic E-state index is 12.1. The first-order chi connectivity index (χ1) is 9.79. The minimum Gasteiger partial charge on any atom is -0.322 e. The number of hydrogen-bond acceptors (Lipinski definition) is 3. The highest BCUT2D eigenvalue weighted by Crippen LogP contribution is 2.26. The lowest BCUT2D eigenvalue weighted by atomic mass is 10.2. The van der Waals surface area contributed by atoms with Crippen molar-refractivity contribution in [2.45, 2.75) is 4.90 Å². The molecule has 2 rings (SSSR count). The molecule has 0 aliphatic rings. The summed E-state index contributed by atoms with van der Waals surface area (Å²) in [7, 11) is -3.75. The molecule has 5 nitrogen and oxygen atoms in total. The molecule has 8 heteroatoms. The van der Waals surface area contributed by atoms with E-state index in [2.05, 4.69) is 21.2 Å². The molecule has 0 aliphatic heterocycles. The fourth-order valence-corrected chi connectivity index (χ4v) is 2.70. The van der Waals surface area contributed by atoms with Crippen molar-refractivity contribution in [1.82, 2.24) is 0 Å². The molecule has 0 unspecified atom stereocenters. The van der Waals surface area contributed by atoms with Crippen LogP contribution in [-0.4, -0.2) is 14.3 Å². The van der Waals surface area contributed by atoms with Gasteiger partial charge in [-0.05, 0) is 52.3 Å². The van der Waals surface area contributed by atoms with Crippen molar-refractivity contribution >= 4 is 49.1 Å². The maximum Gasteiger partial charge on any atom is 0.257 e. The Kier molecular flexibility index (Phi) is 4.67. The number of anilines is 1. The Labute approximate surface area is 135 Å². The molecule has 0 atom stereocenters. The van der Waals surface area contributed by atoms with Gasteiger partial charge in [0.25, 0.3) is 5.91 Å². The van der Waals surface area contributed by atoms with E-state index in [0.717, 1.165) is 0 Å². The summed E-state index contributed by atoms with van der Waals surface area (Å²) in [6, 6.07) is 10.5. The van der Waals surface area contributed by atoms with Crippen LogP contribution in [0.15, 0.2) is 51.8 Å². The number of hydrogen-bond donors (Lipinski definition) is 2. The molecule has 3 N–H and O–H groups in total. The maximum absolute atomic E-state index is 12.1. The van der Waals surface area contributed by atoms with E-state index >= 15 is 0 Å². The van der Waals surface area contributed by atoms with Crippen LogP contribution < -0.4 is 10.5 Å². The number of sulfonamides is 1. The van der Waals surface area contributed by atoms with Gasteiger partial charge in [0.1, 0.15) is 0 Å². The molecule has 0 bridgehead atoms. The van der Waals surface area contributed by atoms with Crippen LogP contribution in [0.3, 0.4) is 0 Å². The Balaban J connectivity index is 2.22. The smallest absolute Gasteiger partial charge is 0.257 e. The SMILES string of the molecule is NS(=O)(=O)c1ccc(NC(=O)c2cccc(Br)c2Cl)cc1. The van der Waals surface area contributed by atoms with Crippen molar-refractivity contribution < 1.29 is 13.2 Å². The zero-order valence-corrected chi connectivity index (χ0v) is 13.7. The second kappa shape index (κ2) is 6.15. The first kappa shape index (κ1) is 16.0. The highest BCUT2D eigenvalue weighted by atomic mass is 79.9. The average Bonchev–Trinajstić information content (AvgIpc) is 2.41. The first-order valence-electron chi connectivity index (χ1n) is 5.67. The van der Waals surface area contributed by atoms with E-state index in [9.17, 15) is 13.2 Å². The number of nitrogens with one attached hydrogen (secondary N) is 1. The Hall–Kier alpha value is -1.41. The third-order valence-corrected chi connectivity index (χ3v) is 4.86. The molecule has 0 heterocycles. The summed E-state index contributed by atoms with van der Waals surface area (Å²) in [5, 5.41) is 7.92. The number of amides is 1. The molecule has 110 valence electrons. The molecule has 2 aromatic rings. The molecule has 0 saturated heterocycles. The van der Waals surface area contributed by atoms with E-state index in [1.165, 1.54) is 24.3 Å². The van der Waals surface area contributed by atoms with Gasteiger partial charge in [-0.1, -0.05) is 17.7 Å². The van der Waals surface area contributed by atoms with Gasteiger partial charge in [-0.25, -0.2) is 13.6 Å². The molecular weight excluding hydrogens is 380 g/mol. The third-order valence-electron chi connectivity index (χ3n) is 2.64. The lowest BCUT2D eigenvalue weighted by Crippen LogP contribution is -2.14. The van der Waals surface area contributed by atoms with Crippen LogP contribution in [0.2, 0.25) is 5.02 Å². The number of halogens is 2. The number of carbonyl (C=O) groups excluding carboxylic acids is 1. The van der Waals surface area contributed by atoms with E-state index < -0.39 is 15.9 Å². The number of rotatable bonds is 3. The van der Waals surface area contributed by atoms with Gasteiger partial charge >= 0.3 is 0 Å². The summed E-state index contributed by atoms with van der Waals surface area (Å²) in [6.07, 6.45) is 0. The Bertz CT molecular complexity index is 792. The number of benzene rings is 2. The highest BCUT2D eigenvalue weighted by molar-refractivity contribution is 9.10. The average molecular weight is 390 g/mol. The van der Waals surface area contributed by atoms with Crippen molar-refractivity contribution in [3.05, 3.63) is 57.5 Å². The number of nitrogens with two attached hydrogens (primary N) is 1. The lowest BCUT2D eigenvalue weighted by Gasteiger charge is -2.08. The molecule has 2 aromatic carbocycles. The normalized spacial score (nSPS) is 11.2. The van der Waals surface area contributed by atoms with Crippen molar-refractivity contribution in [3.63, 3.8) is 0 Å². The molecule has 21 heavy (non-hydrogen) atoms. The molecule has 0 spiro atoms. The van der Waals surface area contributed by atoms with Gasteiger partial charge in [0.15, 0.2) is 0 Å². The monoisotopic (exact) mass is 388 g/mol. The van der Waals surface area contributed by atoms with E-state index in [0.29, 0.717) is 20.7 Å². The topological polar surface area (TPSA) is 89.3 Å². The third kappa shape index (κ3) is 3.82. The molecule has 0 fully saturated rings. The standard InChI is InChI=1S/C13H10BrClN2O3S/c14-11-3-1-2-10(12(11)15)13(18)17-8-4-6-9(7-5-8)21(16,19)20/h1-7H,(H,17,18)(H2,16,19,20). The largest absolute Gasteiger partial charge is 0.322 e. The van der Waals surface area contributed by atoms with Gasteiger partial charge < -0.3 is 5.32 Å². The van der Waals surface area contributed by atoms with Crippen LogP contribution in [-0.2, 0) is 10.0 Å². The minimum absolute atomic E-state index is 0.0269. The zero-order chi connectivity index (χ0) is 15.6. The fraction of sp³-hybridized carbons (Fsp3) is 0. The van der Waals surface area contributed by atoms with Gasteiger partial charge in [-0.2, -0.15) is 0 Å². The Morgan fingerprint density at radius 2 is 1.76 bits per heavy atom. The molecule has 0 aliphatic carbocycles. The van der Waals surface area contributed by atoms with E-state index in [1.54, 1.807) is 18.2 Å². The van der Waals surface area contributed by atoms with Gasteiger partial charge in [0.05, 0.1) is 15.5 Å². The Morgan fingerprint density at radius 1 is 1.14 bits per heavy atom. The molecular formula is C13H10BrClN2O3S. The zero-order valence-electron chi connectivity index (χ0n) is 10.5. The van der Waals surface area contributed by atoms with Crippen molar-refractivity contribution in [1.29, 1.82) is 0 Å². The van der Waals surface area contributed by atoms with Gasteiger partial charge in [-0.15, -0.1) is 0 Å². The van der Waals surface area contributed by atoms with Crippen LogP contribution in [0.4, 0.5) is 5.69 Å². The predicted octanol–water partition coefficient (Wildman–Crippen LogP) is 3.00. The first-order valence-corrected chi connectivity index (χ1v) is 8.39. The van der Waals surface area contributed by atoms with Crippen LogP contribution >= 0.6 is 27.5 Å². The Morgan fingerprint density at radius 3 is 2.33 bits per heavy atom. The molecule has 0 aromatic heterocycles. The summed E-state index contributed by atoms with van der Waals surface area (Å²) in [5.41, 5.74) is 0.741. The number of carbonyl (C=O) groups is 1. The van der Waals surface area contributed by atoms with Crippen LogP contribution in [0, 0.1) is 0 Å². The summed E-state index contributed by atoms with van der Waals surface area (Å²) >= 11 is 9.27. The van der Waals surface area contributed by atoms with Crippen LogP contribution in [0.25, 0.3) is 0 Å². The summed E-state index contributed by atoms with van der Waals surface area (Å²) < 4.78 is 22.9. The number of primary sulfonamides is 1. The van der Waals surface area contributed by atoms with Crippen molar-refractivity contribution in [2.75, 3.05) is 5.32 Å². The van der Waals surface area contributed by atoms with Crippen LogP contribution in [0.1, 0.15) is 10.4 Å². The van der Waals surface area contributed by atoms with Gasteiger partial charge in [-0.3, -0.25) is 4.79 Å². The van der Waals surface area contributed by atoms with Gasteiger partial charge in [0, 0.05) is 10.2 Å². The highest BCUT2D eigenvalue weighted by Gasteiger charge is 2.13. The molecule has 1 amide bonds. The van der Waals surface area contributed by atoms with Crippen molar-refractivity contribution in [2.24, 2.45) is 5.14 Å². The summed E-state index contributed by atoms with van der Waals surface area (Å²) in [5.74, 6) is -0.398. The van der Waals surface area contributed by atoms with E-state index in [1.807, 2.05) is 0 Å². The van der Waals surface area contributed by atoms with Crippen LogP contribution in [0.5, 0.6) is 0 Å².